The minimum Gasteiger partial charge on any atom is -0.508 e. The van der Waals surface area contributed by atoms with Crippen LogP contribution in [0, 0.1) is 0 Å². The van der Waals surface area contributed by atoms with E-state index in [-0.39, 0.29) is 62.6 Å². The van der Waals surface area contributed by atoms with Gasteiger partial charge in [-0.15, -0.1) is 0 Å². The number of phenolic OH excluding ortho intramolecular Hbond substituents is 5. The van der Waals surface area contributed by atoms with E-state index in [0.29, 0.717) is 5.56 Å². The number of benzene rings is 7. The van der Waals surface area contributed by atoms with Gasteiger partial charge in [-0.3, -0.25) is 38.4 Å². The molecule has 7 aromatic rings. The number of carboxylic acid groups (broad SMARTS) is 1. The monoisotopic (exact) mass is 1360 g/mol. The van der Waals surface area contributed by atoms with Crippen LogP contribution in [0.15, 0.2) is 115 Å². The first-order chi connectivity index (χ1) is 43.0. The van der Waals surface area contributed by atoms with Crippen molar-refractivity contribution in [2.75, 3.05) is 12.4 Å². The molecule has 4 heterocycles. The van der Waals surface area contributed by atoms with E-state index in [1.807, 2.05) is 0 Å². The lowest BCUT2D eigenvalue weighted by Crippen LogP contribution is -2.55. The largest absolute Gasteiger partial charge is 0.508 e. The molecule has 0 fully saturated rings. The number of carbonyl (C=O) groups excluding carboxylic acids is 8. The number of aliphatic carboxylic acids is 1. The molecule has 4 aliphatic rings. The van der Waals surface area contributed by atoms with Gasteiger partial charge in [-0.2, -0.15) is 0 Å². The van der Waals surface area contributed by atoms with E-state index >= 15 is 19.2 Å². The van der Waals surface area contributed by atoms with E-state index in [4.69, 9.17) is 74.3 Å². The van der Waals surface area contributed by atoms with Gasteiger partial charge in [0.25, 0.3) is 11.8 Å². The van der Waals surface area contributed by atoms with E-state index in [1.54, 1.807) is 0 Å². The van der Waals surface area contributed by atoms with E-state index < -0.39 is 166 Å². The number of halogens is 6. The number of carboxylic acids is 1. The quantitative estimate of drug-likeness (QED) is 0.0486. The summed E-state index contributed by atoms with van der Waals surface area (Å²) in [7, 11) is 1.16. The second-order valence-electron chi connectivity index (χ2n) is 21.1. The van der Waals surface area contributed by atoms with Crippen LogP contribution in [0.4, 0.5) is 5.69 Å². The molecule has 0 radical (unpaired) electrons. The molecule has 4 aliphatic heterocycles. The molecule has 7 aromatic carbocycles. The van der Waals surface area contributed by atoms with Crippen LogP contribution >= 0.6 is 69.6 Å². The fourth-order valence-corrected chi connectivity index (χ4v) is 11.9. The maximum Gasteiger partial charge on any atom is 0.330 e. The third-order valence-electron chi connectivity index (χ3n) is 15.3. The zero-order valence-electron chi connectivity index (χ0n) is 46.3. The third-order valence-corrected chi connectivity index (χ3v) is 17.0. The van der Waals surface area contributed by atoms with Gasteiger partial charge in [0.05, 0.1) is 30.1 Å². The van der Waals surface area contributed by atoms with Gasteiger partial charge in [-0.1, -0.05) is 99.9 Å². The lowest BCUT2D eigenvalue weighted by Gasteiger charge is -2.33. The molecular formula is C61H45Cl6N7O17. The molecule has 24 nitrogen and oxygen atoms in total. The molecule has 0 spiro atoms. The van der Waals surface area contributed by atoms with Gasteiger partial charge in [0, 0.05) is 42.3 Å². The van der Waals surface area contributed by atoms with Crippen LogP contribution in [0.5, 0.6) is 40.2 Å². The van der Waals surface area contributed by atoms with Gasteiger partial charge in [-0.05, 0) is 118 Å². The highest BCUT2D eigenvalue weighted by molar-refractivity contribution is 6.45. The number of fused-ring (bicyclic) bond motifs is 11. The number of ether oxygens (including phenoxy) is 1. The number of likely N-dealkylation sites (N-methyl/N-ethyl adjacent to an activating group) is 1. The molecule has 1 unspecified atom stereocenters. The SMILES string of the molecule is CN1C(=O)[C@@H](c2cc(Cl)c(O)c(Cl)c2)NC(=O)[C@@H]2NC(=O)[C@@H](c3cc(Cl)c(O)c(Cl)c3)NC(=O)[C@H](NC(=O)C(=O)c3cc(Cl)c(O)c(Cl)c3)CC3(O)C(=O)Nc4ccc(cc43)-c3cc2cc(c3O)Oc2ccc(cc2)C[C@H]1C(=O)N[C@@H](C(=O)O)c1ccc(O)cc1. The first kappa shape index (κ1) is 64.5. The summed E-state index contributed by atoms with van der Waals surface area (Å²) in [6.45, 7) is 0. The fourth-order valence-electron chi connectivity index (χ4n) is 10.4. The number of phenols is 5. The minimum absolute atomic E-state index is 0.0137. The third kappa shape index (κ3) is 12.8. The summed E-state index contributed by atoms with van der Waals surface area (Å²) in [5.74, 6) is -15.4. The molecule has 0 aliphatic carbocycles. The number of nitrogens with zero attached hydrogens (tertiary/aromatic N) is 1. The van der Waals surface area contributed by atoms with E-state index in [2.05, 4.69) is 31.9 Å². The van der Waals surface area contributed by atoms with Crippen LogP contribution in [0.1, 0.15) is 74.3 Å². The first-order valence-electron chi connectivity index (χ1n) is 26.7. The molecule has 0 aromatic heterocycles. The van der Waals surface area contributed by atoms with Crippen molar-refractivity contribution in [3.8, 4) is 51.4 Å². The zero-order valence-corrected chi connectivity index (χ0v) is 50.8. The Labute approximate surface area is 543 Å². The maximum absolute atomic E-state index is 15.8. The van der Waals surface area contributed by atoms with Crippen molar-refractivity contribution >= 4 is 128 Å². The van der Waals surface area contributed by atoms with Crippen molar-refractivity contribution in [3.05, 3.63) is 184 Å². The van der Waals surface area contributed by atoms with Crippen LogP contribution < -0.4 is 36.6 Å². The fraction of sp³-hybridized carbons (Fsp3) is 0.164. The Bertz CT molecular complexity index is 4200. The molecule has 91 heavy (non-hydrogen) atoms. The molecule has 7 amide bonds. The Morgan fingerprint density at radius 2 is 1.14 bits per heavy atom. The molecular weight excluding hydrogens is 1320 g/mol. The number of hydrogen-bond acceptors (Lipinski definition) is 16. The summed E-state index contributed by atoms with van der Waals surface area (Å²) in [6.07, 6.45) is -1.50. The van der Waals surface area contributed by atoms with Gasteiger partial charge < -0.3 is 77.3 Å². The van der Waals surface area contributed by atoms with Crippen molar-refractivity contribution in [1.29, 1.82) is 0 Å². The second kappa shape index (κ2) is 25.4. The standard InChI is InChI=1S/C61H45Cl6N7O17/c1-74-42(54(82)73-47(59(87)88)24-4-7-30(75)8-5-24)12-23-2-9-31(10-3-23)91-43-21-26-13-32(49(43)77)25-6-11-40-33(14-25)61(90,60(89)69-40)22-41(68-57(85)48(76)29-19-38(66)52(80)39(67)20-29)53(81)70-45(27-15-34(62)50(78)35(63)16-27)55(83)71-44(26)56(84)72-46(58(74)86)28-17-36(64)51(79)37(65)18-28/h2-11,13-21,41-42,44-47,75,77-80,90H,12,22H2,1H3,(H,68,85)(H,69,89)(H,70,81)(H,71,83)(H,72,84)(H,73,82)(H,87,88)/t41-,42+,44-,45-,46-,47-,61?/m1/s1. The number of rotatable bonds is 9. The molecule has 0 saturated heterocycles. The van der Waals surface area contributed by atoms with Gasteiger partial charge in [-0.25, -0.2) is 4.79 Å². The number of aromatic hydroxyl groups is 5. The normalized spacial score (nSPS) is 20.2. The number of ketones is 1. The summed E-state index contributed by atoms with van der Waals surface area (Å²) in [4.78, 5) is 132. The van der Waals surface area contributed by atoms with Crippen molar-refractivity contribution < 1.29 is 83.6 Å². The van der Waals surface area contributed by atoms with Gasteiger partial charge in [0.1, 0.15) is 41.7 Å². The Kier molecular flexibility index (Phi) is 18.0. The molecule has 11 rings (SSSR count). The summed E-state index contributed by atoms with van der Waals surface area (Å²) in [5, 5.41) is 88.8. The van der Waals surface area contributed by atoms with Gasteiger partial charge in [0.15, 0.2) is 40.4 Å². The summed E-state index contributed by atoms with van der Waals surface area (Å²) < 4.78 is 6.33. The van der Waals surface area contributed by atoms with Crippen LogP contribution in [-0.2, 0) is 50.4 Å². The first-order valence-corrected chi connectivity index (χ1v) is 29.0. The lowest BCUT2D eigenvalue weighted by atomic mass is 9.86. The van der Waals surface area contributed by atoms with Crippen molar-refractivity contribution in [3.63, 3.8) is 0 Å². The van der Waals surface area contributed by atoms with E-state index in [0.717, 1.165) is 54.4 Å². The summed E-state index contributed by atoms with van der Waals surface area (Å²) in [6, 6.07) is 10.6. The van der Waals surface area contributed by atoms with Gasteiger partial charge in [0.2, 0.25) is 35.3 Å². The highest BCUT2D eigenvalue weighted by atomic mass is 35.5. The molecule has 7 atom stereocenters. The van der Waals surface area contributed by atoms with E-state index in [9.17, 15) is 59.7 Å². The van der Waals surface area contributed by atoms with Crippen LogP contribution in [0.25, 0.3) is 11.1 Å². The molecule has 13 N–H and O–H groups in total. The Morgan fingerprint density at radius 3 is 1.70 bits per heavy atom. The second-order valence-corrected chi connectivity index (χ2v) is 23.6. The predicted molar refractivity (Wildman–Crippen MR) is 327 cm³/mol. The average Bonchev–Trinajstić information content (AvgIpc) is 1.65. The van der Waals surface area contributed by atoms with Crippen molar-refractivity contribution in [2.45, 2.75) is 54.7 Å². The molecule has 30 heteroatoms. The minimum atomic E-state index is -2.83. The number of Topliss-reactive ketones (excluding diaryl/α,β-unsaturated/α-hetero) is 1. The average molecular weight is 1360 g/mol. The Hall–Kier alpha value is -9.53. The maximum atomic E-state index is 15.8. The van der Waals surface area contributed by atoms with Crippen molar-refractivity contribution in [1.82, 2.24) is 31.5 Å². The predicted octanol–water partition coefficient (Wildman–Crippen LogP) is 7.70. The summed E-state index contributed by atoms with van der Waals surface area (Å²) >= 11 is 37.9. The van der Waals surface area contributed by atoms with Crippen LogP contribution in [0.2, 0.25) is 30.1 Å². The molecule has 7 bridgehead atoms. The van der Waals surface area contributed by atoms with Crippen LogP contribution in [-0.4, -0.2) is 113 Å². The summed E-state index contributed by atoms with van der Waals surface area (Å²) in [5.41, 5.74) is -4.52. The lowest BCUT2D eigenvalue weighted by molar-refractivity contribution is -0.145. The van der Waals surface area contributed by atoms with Gasteiger partial charge >= 0.3 is 5.97 Å². The smallest absolute Gasteiger partial charge is 0.330 e. The van der Waals surface area contributed by atoms with Crippen molar-refractivity contribution in [2.24, 2.45) is 0 Å². The topological polar surface area (TPSA) is 380 Å². The molecule has 468 valence electrons. The molecule has 0 saturated carbocycles. The Balaban J connectivity index is 1.17. The number of aliphatic hydroxyl groups is 1. The van der Waals surface area contributed by atoms with E-state index in [1.165, 1.54) is 72.8 Å². The highest BCUT2D eigenvalue weighted by Crippen LogP contribution is 2.47. The van der Waals surface area contributed by atoms with Crippen LogP contribution in [0.3, 0.4) is 0 Å². The zero-order chi connectivity index (χ0) is 65.8. The number of anilines is 1. The number of carbonyl (C=O) groups is 9. The Morgan fingerprint density at radius 1 is 0.626 bits per heavy atom. The number of nitrogens with one attached hydrogen (secondary N) is 6. The number of hydrogen-bond donors (Lipinski definition) is 13. The number of amides is 7. The highest BCUT2D eigenvalue weighted by Gasteiger charge is 2.50.